The summed E-state index contributed by atoms with van der Waals surface area (Å²) >= 11 is 6.69. The highest BCUT2D eigenvalue weighted by Gasteiger charge is 2.38. The van der Waals surface area contributed by atoms with Gasteiger partial charge in [0, 0.05) is 55.7 Å². The standard InChI is InChI=1S/C29H40ClN5O3Si/c1-20-17-25(24(27(30)31-20)18-21(2)38-39(7,8)29(3,4)5)35-14-13-26(32-35)34-16-15-33(28(34)36)19-22-9-11-23(37-6)12-10-22/h9-14,17,21H,15-16,18-19H2,1-8H3. The maximum atomic E-state index is 13.2. The van der Waals surface area contributed by atoms with E-state index >= 15 is 0 Å². The number of hydrogen-bond acceptors (Lipinski definition) is 5. The van der Waals surface area contributed by atoms with Crippen LogP contribution >= 0.6 is 11.6 Å². The Hall–Kier alpha value is -2.88. The van der Waals surface area contributed by atoms with Crippen molar-refractivity contribution in [1.29, 1.82) is 0 Å². The molecule has 39 heavy (non-hydrogen) atoms. The molecule has 210 valence electrons. The number of aryl methyl sites for hydroxylation is 1. The predicted molar refractivity (Wildman–Crippen MR) is 159 cm³/mol. The number of urea groups is 1. The number of benzene rings is 1. The number of pyridine rings is 1. The maximum Gasteiger partial charge on any atom is 0.326 e. The van der Waals surface area contributed by atoms with Gasteiger partial charge in [-0.1, -0.05) is 44.5 Å². The van der Waals surface area contributed by atoms with Crippen molar-refractivity contribution in [2.45, 2.75) is 71.8 Å². The third kappa shape index (κ3) is 6.48. The lowest BCUT2D eigenvalue weighted by molar-refractivity contribution is 0.199. The van der Waals surface area contributed by atoms with Crippen LogP contribution in [0.15, 0.2) is 42.6 Å². The topological polar surface area (TPSA) is 72.7 Å². The van der Waals surface area contributed by atoms with E-state index in [2.05, 4.69) is 45.8 Å². The van der Waals surface area contributed by atoms with E-state index in [0.717, 1.165) is 28.3 Å². The Morgan fingerprint density at radius 1 is 1.13 bits per heavy atom. The number of halogens is 1. The molecule has 0 bridgehead atoms. The van der Waals surface area contributed by atoms with Crippen molar-refractivity contribution in [2.75, 3.05) is 25.1 Å². The number of rotatable bonds is 9. The van der Waals surface area contributed by atoms with Crippen molar-refractivity contribution >= 4 is 31.8 Å². The van der Waals surface area contributed by atoms with Crippen molar-refractivity contribution in [3.63, 3.8) is 0 Å². The summed E-state index contributed by atoms with van der Waals surface area (Å²) in [4.78, 5) is 21.3. The molecule has 2 amide bonds. The summed E-state index contributed by atoms with van der Waals surface area (Å²) in [7, 11) is -0.306. The summed E-state index contributed by atoms with van der Waals surface area (Å²) in [6.07, 6.45) is 2.46. The molecule has 1 saturated heterocycles. The third-order valence-electron chi connectivity index (χ3n) is 7.70. The highest BCUT2D eigenvalue weighted by atomic mass is 35.5. The maximum absolute atomic E-state index is 13.2. The quantitative estimate of drug-likeness (QED) is 0.213. The molecule has 0 spiro atoms. The largest absolute Gasteiger partial charge is 0.497 e. The fraction of sp³-hybridized carbons (Fsp3) is 0.483. The number of ether oxygens (including phenoxy) is 1. The number of aromatic nitrogens is 3. The molecule has 0 aliphatic carbocycles. The van der Waals surface area contributed by atoms with Gasteiger partial charge < -0.3 is 14.1 Å². The average molecular weight is 570 g/mol. The second-order valence-electron chi connectivity index (χ2n) is 11.8. The van der Waals surface area contributed by atoms with Gasteiger partial charge in [0.15, 0.2) is 14.1 Å². The van der Waals surface area contributed by atoms with Crippen molar-refractivity contribution in [2.24, 2.45) is 0 Å². The monoisotopic (exact) mass is 569 g/mol. The first-order valence-corrected chi connectivity index (χ1v) is 16.7. The van der Waals surface area contributed by atoms with E-state index in [1.807, 2.05) is 54.4 Å². The van der Waals surface area contributed by atoms with E-state index in [-0.39, 0.29) is 17.2 Å². The number of hydrogen-bond donors (Lipinski definition) is 0. The van der Waals surface area contributed by atoms with Gasteiger partial charge in [-0.25, -0.2) is 14.5 Å². The van der Waals surface area contributed by atoms with E-state index in [9.17, 15) is 4.79 Å². The molecule has 0 N–H and O–H groups in total. The van der Waals surface area contributed by atoms with Crippen LogP contribution in [0.25, 0.3) is 5.69 Å². The average Bonchev–Trinajstić information content (AvgIpc) is 3.47. The van der Waals surface area contributed by atoms with Crippen LogP contribution in [0.1, 0.15) is 44.5 Å². The summed E-state index contributed by atoms with van der Waals surface area (Å²) in [6, 6.07) is 11.6. The highest BCUT2D eigenvalue weighted by molar-refractivity contribution is 6.74. The Morgan fingerprint density at radius 3 is 2.46 bits per heavy atom. The van der Waals surface area contributed by atoms with Gasteiger partial charge in [-0.3, -0.25) is 4.90 Å². The van der Waals surface area contributed by atoms with Gasteiger partial charge in [0.25, 0.3) is 0 Å². The van der Waals surface area contributed by atoms with Gasteiger partial charge in [0.05, 0.1) is 12.8 Å². The molecule has 1 aliphatic rings. The molecule has 1 aromatic carbocycles. The number of nitrogens with zero attached hydrogens (tertiary/aromatic N) is 5. The summed E-state index contributed by atoms with van der Waals surface area (Å²) in [5.74, 6) is 1.41. The Morgan fingerprint density at radius 2 is 1.82 bits per heavy atom. The van der Waals surface area contributed by atoms with E-state index < -0.39 is 8.32 Å². The van der Waals surface area contributed by atoms with Crippen LogP contribution in [-0.2, 0) is 17.4 Å². The molecule has 1 unspecified atom stereocenters. The van der Waals surface area contributed by atoms with Crippen molar-refractivity contribution in [3.8, 4) is 11.4 Å². The van der Waals surface area contributed by atoms with Gasteiger partial charge >= 0.3 is 6.03 Å². The number of anilines is 1. The summed E-state index contributed by atoms with van der Waals surface area (Å²) in [5.41, 5.74) is 3.59. The van der Waals surface area contributed by atoms with E-state index in [4.69, 9.17) is 25.9 Å². The van der Waals surface area contributed by atoms with E-state index in [1.165, 1.54) is 0 Å². The lowest BCUT2D eigenvalue weighted by Gasteiger charge is -2.38. The predicted octanol–water partition coefficient (Wildman–Crippen LogP) is 6.63. The van der Waals surface area contributed by atoms with Crippen LogP contribution < -0.4 is 9.64 Å². The smallest absolute Gasteiger partial charge is 0.326 e. The summed E-state index contributed by atoms with van der Waals surface area (Å²) in [6.45, 7) is 17.0. The molecule has 0 radical (unpaired) electrons. The summed E-state index contributed by atoms with van der Waals surface area (Å²) in [5, 5.41) is 5.37. The van der Waals surface area contributed by atoms with Gasteiger partial charge in [-0.05, 0) is 55.7 Å². The molecule has 1 atom stereocenters. The summed E-state index contributed by atoms with van der Waals surface area (Å²) < 4.78 is 13.6. The molecule has 1 fully saturated rings. The first kappa shape index (κ1) is 29.1. The van der Waals surface area contributed by atoms with Crippen LogP contribution in [0.5, 0.6) is 5.75 Å². The molecule has 10 heteroatoms. The fourth-order valence-electron chi connectivity index (χ4n) is 4.53. The van der Waals surface area contributed by atoms with Crippen LogP contribution in [0.2, 0.25) is 23.3 Å². The fourth-order valence-corrected chi connectivity index (χ4v) is 6.28. The zero-order valence-corrected chi connectivity index (χ0v) is 26.0. The minimum Gasteiger partial charge on any atom is -0.497 e. The number of carbonyl (C=O) groups is 1. The lowest BCUT2D eigenvalue weighted by atomic mass is 10.1. The second-order valence-corrected chi connectivity index (χ2v) is 16.9. The van der Waals surface area contributed by atoms with Crippen molar-refractivity contribution < 1.29 is 14.0 Å². The Kier molecular flexibility index (Phi) is 8.44. The van der Waals surface area contributed by atoms with Gasteiger partial charge in [0.2, 0.25) is 0 Å². The number of amides is 2. The molecule has 4 rings (SSSR count). The van der Waals surface area contributed by atoms with Crippen molar-refractivity contribution in [3.05, 3.63) is 64.6 Å². The lowest BCUT2D eigenvalue weighted by Crippen LogP contribution is -2.43. The van der Waals surface area contributed by atoms with E-state index in [1.54, 1.807) is 16.7 Å². The molecule has 3 aromatic rings. The molecule has 3 heterocycles. The van der Waals surface area contributed by atoms with Crippen LogP contribution in [0, 0.1) is 6.92 Å². The number of carbonyl (C=O) groups excluding carboxylic acids is 1. The van der Waals surface area contributed by atoms with Gasteiger partial charge in [0.1, 0.15) is 10.9 Å². The molecule has 2 aromatic heterocycles. The first-order valence-electron chi connectivity index (χ1n) is 13.4. The third-order valence-corrected chi connectivity index (χ3v) is 12.6. The Balaban J connectivity index is 1.52. The van der Waals surface area contributed by atoms with Gasteiger partial charge in [-0.15, -0.1) is 5.10 Å². The Labute approximate surface area is 238 Å². The molecular weight excluding hydrogens is 530 g/mol. The molecule has 0 saturated carbocycles. The van der Waals surface area contributed by atoms with Gasteiger partial charge in [-0.2, -0.15) is 0 Å². The van der Waals surface area contributed by atoms with E-state index in [0.29, 0.717) is 37.0 Å². The minimum atomic E-state index is -1.95. The SMILES string of the molecule is COc1ccc(CN2CCN(c3ccn(-c4cc(C)nc(Cl)c4CC(C)O[Si](C)(C)C(C)(C)C)n3)C2=O)cc1. The molecule has 8 nitrogen and oxygen atoms in total. The van der Waals surface area contributed by atoms with Crippen molar-refractivity contribution in [1.82, 2.24) is 19.7 Å². The van der Waals surface area contributed by atoms with Crippen LogP contribution in [-0.4, -0.2) is 60.3 Å². The highest BCUT2D eigenvalue weighted by Crippen LogP contribution is 2.38. The second kappa shape index (κ2) is 11.3. The van der Waals surface area contributed by atoms with Crippen LogP contribution in [0.3, 0.4) is 0 Å². The Bertz CT molecular complexity index is 1320. The zero-order chi connectivity index (χ0) is 28.5. The first-order chi connectivity index (χ1) is 18.3. The minimum absolute atomic E-state index is 0.0339. The number of methoxy groups -OCH3 is 1. The molecular formula is C29H40ClN5O3Si. The molecule has 1 aliphatic heterocycles. The zero-order valence-electron chi connectivity index (χ0n) is 24.3. The normalized spacial score (nSPS) is 15.3. The van der Waals surface area contributed by atoms with Crippen LogP contribution in [0.4, 0.5) is 10.6 Å².